The Morgan fingerprint density at radius 1 is 1.00 bits per heavy atom. The number of rotatable bonds is 15. The van der Waals surface area contributed by atoms with E-state index in [1.54, 1.807) is 50.2 Å². The van der Waals surface area contributed by atoms with Crippen molar-refractivity contribution in [1.29, 1.82) is 0 Å². The van der Waals surface area contributed by atoms with E-state index in [9.17, 15) is 28.2 Å². The van der Waals surface area contributed by atoms with Crippen LogP contribution >= 0.6 is 11.6 Å². The summed E-state index contributed by atoms with van der Waals surface area (Å²) in [6, 6.07) is 19.3. The number of aryl methyl sites for hydroxylation is 1. The molecule has 3 aromatic carbocycles. The number of hydrogen-bond acceptors (Lipinski definition) is 7. The van der Waals surface area contributed by atoms with Crippen LogP contribution in [0.1, 0.15) is 54.3 Å². The number of carboxylic acid groups (broad SMARTS) is 1. The average molecular weight is 633 g/mol. The van der Waals surface area contributed by atoms with Gasteiger partial charge in [0.05, 0.1) is 30.1 Å². The van der Waals surface area contributed by atoms with Gasteiger partial charge in [0, 0.05) is 18.2 Å². The number of hydrogen-bond donors (Lipinski definition) is 4. The van der Waals surface area contributed by atoms with Gasteiger partial charge in [-0.25, -0.2) is 17.9 Å². The van der Waals surface area contributed by atoms with E-state index in [1.165, 1.54) is 11.0 Å². The first-order chi connectivity index (χ1) is 20.4. The van der Waals surface area contributed by atoms with Crippen LogP contribution in [0.3, 0.4) is 0 Å². The van der Waals surface area contributed by atoms with Crippen molar-refractivity contribution in [3.8, 4) is 16.9 Å². The summed E-state index contributed by atoms with van der Waals surface area (Å²) in [5.41, 5.74) is 3.22. The van der Waals surface area contributed by atoms with Crippen molar-refractivity contribution in [2.75, 3.05) is 25.4 Å². The third-order valence-electron chi connectivity index (χ3n) is 6.49. The summed E-state index contributed by atoms with van der Waals surface area (Å²) in [7, 11) is -3.91. The van der Waals surface area contributed by atoms with Crippen molar-refractivity contribution in [2.45, 2.75) is 45.3 Å². The van der Waals surface area contributed by atoms with E-state index in [-0.39, 0.29) is 49.3 Å². The molecule has 232 valence electrons. The van der Waals surface area contributed by atoms with Crippen LogP contribution in [-0.2, 0) is 16.4 Å². The Bertz CT molecular complexity index is 1500. The van der Waals surface area contributed by atoms with Gasteiger partial charge in [0.1, 0.15) is 5.75 Å². The Balaban J connectivity index is 1.66. The van der Waals surface area contributed by atoms with E-state index in [0.29, 0.717) is 23.4 Å². The molecule has 0 fully saturated rings. The molecular formula is C31H37ClN2O8S. The lowest BCUT2D eigenvalue weighted by molar-refractivity contribution is 0.0961. The van der Waals surface area contributed by atoms with Crippen LogP contribution in [-0.4, -0.2) is 72.2 Å². The Hall–Kier alpha value is -3.64. The molecule has 1 atom stereocenters. The fraction of sp³-hybridized carbons (Fsp3) is 0.355. The van der Waals surface area contributed by atoms with Crippen molar-refractivity contribution in [2.24, 2.45) is 0 Å². The molecular weight excluding hydrogens is 596 g/mol. The lowest BCUT2D eigenvalue weighted by Crippen LogP contribution is -2.34. The molecule has 43 heavy (non-hydrogen) atoms. The molecule has 0 aromatic heterocycles. The smallest absolute Gasteiger partial charge is 0.407 e. The van der Waals surface area contributed by atoms with E-state index < -0.39 is 28.1 Å². The summed E-state index contributed by atoms with van der Waals surface area (Å²) in [5.74, 6) is -0.953. The lowest BCUT2D eigenvalue weighted by Gasteiger charge is -2.23. The van der Waals surface area contributed by atoms with Gasteiger partial charge >= 0.3 is 6.09 Å². The maximum atomic E-state index is 12.8. The molecule has 0 aliphatic rings. The number of halogens is 1. The maximum Gasteiger partial charge on any atom is 0.407 e. The van der Waals surface area contributed by atoms with Gasteiger partial charge in [0.2, 0.25) is 10.0 Å². The van der Waals surface area contributed by atoms with Crippen molar-refractivity contribution in [3.05, 3.63) is 88.4 Å². The normalized spacial score (nSPS) is 12.1. The standard InChI is InChI=1S/C31H37ClN2O8S/c1-21(2)42-29-19-24(13-14-27(29)30(37)33-43(40,41)17-5-16-35)23-11-9-22(10-12-23)6-4-15-34(31(38)39)20-28(36)25-7-3-8-26(32)18-25/h3,7-14,18-19,21,28,35-36H,4-6,15-17,20H2,1-2H3,(H,33,37)(H,38,39)/t28-/m0/s1. The minimum atomic E-state index is -3.91. The molecule has 3 aromatic rings. The van der Waals surface area contributed by atoms with Crippen LogP contribution in [0, 0.1) is 0 Å². The molecule has 0 radical (unpaired) electrons. The number of nitrogens with zero attached hydrogens (tertiary/aromatic N) is 1. The first kappa shape index (κ1) is 33.9. The van der Waals surface area contributed by atoms with Crippen LogP contribution in [0.4, 0.5) is 4.79 Å². The van der Waals surface area contributed by atoms with Gasteiger partial charge in [-0.3, -0.25) is 4.79 Å². The van der Waals surface area contributed by atoms with Crippen LogP contribution in [0.25, 0.3) is 11.1 Å². The second-order valence-electron chi connectivity index (χ2n) is 10.3. The van der Waals surface area contributed by atoms with Crippen molar-refractivity contribution in [1.82, 2.24) is 9.62 Å². The number of nitrogens with one attached hydrogen (secondary N) is 1. The number of sulfonamides is 1. The molecule has 10 nitrogen and oxygen atoms in total. The van der Waals surface area contributed by atoms with Crippen molar-refractivity contribution < 1.29 is 38.1 Å². The molecule has 0 spiro atoms. The predicted octanol–water partition coefficient (Wildman–Crippen LogP) is 4.88. The quantitative estimate of drug-likeness (QED) is 0.185. The average Bonchev–Trinajstić information content (AvgIpc) is 2.95. The fourth-order valence-corrected chi connectivity index (χ4v) is 5.58. The van der Waals surface area contributed by atoms with E-state index in [2.05, 4.69) is 0 Å². The van der Waals surface area contributed by atoms with Crippen LogP contribution < -0.4 is 9.46 Å². The van der Waals surface area contributed by atoms with E-state index in [1.807, 2.05) is 29.0 Å². The molecule has 0 unspecified atom stereocenters. The highest BCUT2D eigenvalue weighted by atomic mass is 35.5. The summed E-state index contributed by atoms with van der Waals surface area (Å²) < 4.78 is 32.2. The van der Waals surface area contributed by atoms with Crippen LogP contribution in [0.2, 0.25) is 5.02 Å². The number of aliphatic hydroxyl groups excluding tert-OH is 2. The highest BCUT2D eigenvalue weighted by molar-refractivity contribution is 7.90. The first-order valence-electron chi connectivity index (χ1n) is 13.9. The van der Waals surface area contributed by atoms with Gasteiger partial charge in [-0.15, -0.1) is 0 Å². The zero-order valence-electron chi connectivity index (χ0n) is 24.1. The molecule has 3 rings (SSSR count). The Labute approximate surface area is 256 Å². The number of amides is 2. The third kappa shape index (κ3) is 10.5. The molecule has 0 aliphatic carbocycles. The van der Waals surface area contributed by atoms with Crippen molar-refractivity contribution >= 4 is 33.6 Å². The van der Waals surface area contributed by atoms with Crippen LogP contribution in [0.5, 0.6) is 5.75 Å². The SMILES string of the molecule is CC(C)Oc1cc(-c2ccc(CCCN(C[C@H](O)c3cccc(Cl)c3)C(=O)O)cc2)ccc1C(=O)NS(=O)(=O)CCCO. The topological polar surface area (TPSA) is 153 Å². The Morgan fingerprint density at radius 3 is 2.33 bits per heavy atom. The number of ether oxygens (including phenoxy) is 1. The highest BCUT2D eigenvalue weighted by Gasteiger charge is 2.21. The van der Waals surface area contributed by atoms with Gasteiger partial charge in [-0.2, -0.15) is 0 Å². The summed E-state index contributed by atoms with van der Waals surface area (Å²) in [4.78, 5) is 25.7. The zero-order valence-corrected chi connectivity index (χ0v) is 25.6. The first-order valence-corrected chi connectivity index (χ1v) is 15.9. The summed E-state index contributed by atoms with van der Waals surface area (Å²) in [6.45, 7) is 3.46. The van der Waals surface area contributed by atoms with E-state index >= 15 is 0 Å². The second-order valence-corrected chi connectivity index (χ2v) is 12.6. The lowest BCUT2D eigenvalue weighted by atomic mass is 10.00. The second kappa shape index (κ2) is 15.7. The largest absolute Gasteiger partial charge is 0.490 e. The summed E-state index contributed by atoms with van der Waals surface area (Å²) in [6.07, 6.45) is -1.21. The highest BCUT2D eigenvalue weighted by Crippen LogP contribution is 2.29. The van der Waals surface area contributed by atoms with Gasteiger partial charge in [0.25, 0.3) is 5.91 Å². The summed E-state index contributed by atoms with van der Waals surface area (Å²) >= 11 is 5.98. The number of carbonyl (C=O) groups excluding carboxylic acids is 1. The molecule has 0 saturated heterocycles. The Kier molecular flexibility index (Phi) is 12.4. The monoisotopic (exact) mass is 632 g/mol. The fourth-order valence-electron chi connectivity index (χ4n) is 4.37. The maximum absolute atomic E-state index is 12.8. The number of aliphatic hydroxyl groups is 2. The zero-order chi connectivity index (χ0) is 31.6. The van der Waals surface area contributed by atoms with Gasteiger partial charge in [-0.05, 0) is 79.6 Å². The van der Waals surface area contributed by atoms with Gasteiger partial charge in [-0.1, -0.05) is 54.1 Å². The van der Waals surface area contributed by atoms with E-state index in [4.69, 9.17) is 21.4 Å². The molecule has 0 saturated carbocycles. The van der Waals surface area contributed by atoms with E-state index in [0.717, 1.165) is 16.7 Å². The van der Waals surface area contributed by atoms with Gasteiger partial charge in [0.15, 0.2) is 0 Å². The molecule has 0 bridgehead atoms. The summed E-state index contributed by atoms with van der Waals surface area (Å²) in [5, 5.41) is 29.5. The molecule has 12 heteroatoms. The van der Waals surface area contributed by atoms with Crippen LogP contribution in [0.15, 0.2) is 66.7 Å². The molecule has 2 amide bonds. The molecule has 4 N–H and O–H groups in total. The van der Waals surface area contributed by atoms with Gasteiger partial charge < -0.3 is 25.0 Å². The number of carbonyl (C=O) groups is 2. The minimum absolute atomic E-state index is 0.0117. The molecule has 0 aliphatic heterocycles. The minimum Gasteiger partial charge on any atom is -0.490 e. The third-order valence-corrected chi connectivity index (χ3v) is 8.04. The Morgan fingerprint density at radius 2 is 1.70 bits per heavy atom. The predicted molar refractivity (Wildman–Crippen MR) is 165 cm³/mol. The molecule has 0 heterocycles. The van der Waals surface area contributed by atoms with Crippen molar-refractivity contribution in [3.63, 3.8) is 0 Å². The number of benzene rings is 3.